The summed E-state index contributed by atoms with van der Waals surface area (Å²) in [5.74, 6) is 1.23. The topological polar surface area (TPSA) is 64.9 Å². The second-order valence-electron chi connectivity index (χ2n) is 7.52. The van der Waals surface area contributed by atoms with Crippen molar-refractivity contribution in [3.8, 4) is 17.4 Å². The lowest BCUT2D eigenvalue weighted by atomic mass is 10.1. The molecule has 1 saturated carbocycles. The van der Waals surface area contributed by atoms with Gasteiger partial charge in [-0.25, -0.2) is 14.1 Å². The third-order valence-corrected chi connectivity index (χ3v) is 5.23. The van der Waals surface area contributed by atoms with Gasteiger partial charge in [-0.05, 0) is 43.9 Å². The highest BCUT2D eigenvalue weighted by atomic mass is 35.5. The molecule has 0 bridgehead atoms. The molecule has 152 valence electrons. The fourth-order valence-corrected chi connectivity index (χ4v) is 3.45. The van der Waals surface area contributed by atoms with Crippen LogP contribution in [0, 0.1) is 19.7 Å². The summed E-state index contributed by atoms with van der Waals surface area (Å²) in [5.41, 5.74) is 2.34. The van der Waals surface area contributed by atoms with Gasteiger partial charge in [0.2, 0.25) is 0 Å². The maximum absolute atomic E-state index is 15.0. The summed E-state index contributed by atoms with van der Waals surface area (Å²) in [6, 6.07) is 9.19. The summed E-state index contributed by atoms with van der Waals surface area (Å²) in [5, 5.41) is 8.72. The Morgan fingerprint density at radius 3 is 2.60 bits per heavy atom. The van der Waals surface area contributed by atoms with E-state index in [1.165, 1.54) is 16.9 Å². The van der Waals surface area contributed by atoms with E-state index in [1.54, 1.807) is 12.3 Å². The van der Waals surface area contributed by atoms with Gasteiger partial charge in [-0.2, -0.15) is 10.1 Å². The molecule has 1 N–H and O–H groups in total. The fraction of sp³-hybridized carbons (Fsp3) is 0.227. The highest BCUT2D eigenvalue weighted by Gasteiger charge is 2.24. The fourth-order valence-electron chi connectivity index (χ4n) is 3.31. The van der Waals surface area contributed by atoms with Crippen LogP contribution in [0.15, 0.2) is 42.7 Å². The predicted octanol–water partition coefficient (Wildman–Crippen LogP) is 5.59. The lowest BCUT2D eigenvalue weighted by Gasteiger charge is -2.15. The van der Waals surface area contributed by atoms with E-state index in [4.69, 9.17) is 16.3 Å². The van der Waals surface area contributed by atoms with E-state index in [1.807, 2.05) is 32.0 Å². The van der Waals surface area contributed by atoms with E-state index in [9.17, 15) is 4.39 Å². The Morgan fingerprint density at radius 2 is 1.93 bits per heavy atom. The SMILES string of the molecule is Cc1cccc(C)c1Oc1cc2c(NC3CC3)nc(-n3cc(Cl)cn3)nc2cc1F. The van der Waals surface area contributed by atoms with Crippen molar-refractivity contribution in [1.82, 2.24) is 19.7 Å². The van der Waals surface area contributed by atoms with Crippen LogP contribution in [0.2, 0.25) is 5.02 Å². The largest absolute Gasteiger partial charge is 0.454 e. The van der Waals surface area contributed by atoms with Crippen LogP contribution in [0.4, 0.5) is 10.2 Å². The standard InChI is InChI=1S/C22H19ClFN5O/c1-12-4-3-5-13(2)20(12)30-19-8-16-18(9-17(19)24)27-22(29-11-14(23)10-25-29)28-21(16)26-15-6-7-15/h3-5,8-11,15H,6-7H2,1-2H3,(H,26,27,28). The molecule has 1 aliphatic rings. The molecule has 2 aromatic heterocycles. The predicted molar refractivity (Wildman–Crippen MR) is 114 cm³/mol. The minimum Gasteiger partial charge on any atom is -0.454 e. The molecular weight excluding hydrogens is 405 g/mol. The first-order chi connectivity index (χ1) is 14.5. The molecule has 8 heteroatoms. The normalized spacial score (nSPS) is 13.6. The maximum Gasteiger partial charge on any atom is 0.253 e. The summed E-state index contributed by atoms with van der Waals surface area (Å²) >= 11 is 5.98. The van der Waals surface area contributed by atoms with Crippen LogP contribution in [0.1, 0.15) is 24.0 Å². The molecule has 2 aromatic carbocycles. The van der Waals surface area contributed by atoms with Crippen LogP contribution in [-0.4, -0.2) is 25.8 Å². The van der Waals surface area contributed by atoms with Crippen LogP contribution >= 0.6 is 11.6 Å². The molecule has 0 unspecified atom stereocenters. The third kappa shape index (κ3) is 3.57. The summed E-state index contributed by atoms with van der Waals surface area (Å²) < 4.78 is 22.4. The molecule has 0 atom stereocenters. The summed E-state index contributed by atoms with van der Waals surface area (Å²) in [6.07, 6.45) is 5.26. The second-order valence-corrected chi connectivity index (χ2v) is 7.95. The minimum absolute atomic E-state index is 0.136. The van der Waals surface area contributed by atoms with Crippen molar-refractivity contribution in [2.45, 2.75) is 32.7 Å². The first-order valence-corrected chi connectivity index (χ1v) is 10.1. The van der Waals surface area contributed by atoms with Crippen LogP contribution < -0.4 is 10.1 Å². The molecule has 0 saturated heterocycles. The van der Waals surface area contributed by atoms with Gasteiger partial charge in [0.05, 0.1) is 22.9 Å². The van der Waals surface area contributed by atoms with Gasteiger partial charge < -0.3 is 10.1 Å². The number of para-hydroxylation sites is 1. The lowest BCUT2D eigenvalue weighted by Crippen LogP contribution is -2.09. The average molecular weight is 424 g/mol. The molecule has 0 radical (unpaired) electrons. The Morgan fingerprint density at radius 1 is 1.17 bits per heavy atom. The number of hydrogen-bond acceptors (Lipinski definition) is 5. The van der Waals surface area contributed by atoms with Gasteiger partial charge in [0.1, 0.15) is 11.6 Å². The number of halogens is 2. The molecule has 0 spiro atoms. The summed E-state index contributed by atoms with van der Waals surface area (Å²) in [6.45, 7) is 3.87. The van der Waals surface area contributed by atoms with Crippen molar-refractivity contribution in [1.29, 1.82) is 0 Å². The quantitative estimate of drug-likeness (QED) is 0.453. The average Bonchev–Trinajstić information content (AvgIpc) is 3.42. The van der Waals surface area contributed by atoms with Gasteiger partial charge in [-0.3, -0.25) is 0 Å². The number of anilines is 1. The zero-order valence-corrected chi connectivity index (χ0v) is 17.2. The van der Waals surface area contributed by atoms with Crippen LogP contribution in [0.3, 0.4) is 0 Å². The van der Waals surface area contributed by atoms with Gasteiger partial charge in [0.15, 0.2) is 11.6 Å². The van der Waals surface area contributed by atoms with Gasteiger partial charge in [-0.1, -0.05) is 29.8 Å². The van der Waals surface area contributed by atoms with Gasteiger partial charge >= 0.3 is 0 Å². The molecule has 2 heterocycles. The van der Waals surface area contributed by atoms with Crippen molar-refractivity contribution in [3.63, 3.8) is 0 Å². The Kier molecular flexibility index (Phi) is 4.55. The molecule has 1 aliphatic carbocycles. The molecule has 6 nitrogen and oxygen atoms in total. The maximum atomic E-state index is 15.0. The molecule has 5 rings (SSSR count). The van der Waals surface area contributed by atoms with Crippen molar-refractivity contribution in [2.75, 3.05) is 5.32 Å². The van der Waals surface area contributed by atoms with Crippen LogP contribution in [0.25, 0.3) is 16.9 Å². The number of ether oxygens (including phenoxy) is 1. The highest BCUT2D eigenvalue weighted by molar-refractivity contribution is 6.30. The Balaban J connectivity index is 1.63. The van der Waals surface area contributed by atoms with E-state index in [0.717, 1.165) is 24.0 Å². The van der Waals surface area contributed by atoms with Crippen LogP contribution in [-0.2, 0) is 0 Å². The van der Waals surface area contributed by atoms with E-state index in [0.29, 0.717) is 39.5 Å². The van der Waals surface area contributed by atoms with Crippen LogP contribution in [0.5, 0.6) is 11.5 Å². The van der Waals surface area contributed by atoms with E-state index >= 15 is 0 Å². The summed E-state index contributed by atoms with van der Waals surface area (Å²) in [4.78, 5) is 9.11. The molecular formula is C22H19ClFN5O. The number of rotatable bonds is 5. The first-order valence-electron chi connectivity index (χ1n) is 9.70. The van der Waals surface area contributed by atoms with Gasteiger partial charge in [0, 0.05) is 17.5 Å². The van der Waals surface area contributed by atoms with Crippen molar-refractivity contribution >= 4 is 28.3 Å². The van der Waals surface area contributed by atoms with Crippen molar-refractivity contribution < 1.29 is 9.13 Å². The van der Waals surface area contributed by atoms with E-state index in [-0.39, 0.29) is 5.75 Å². The number of aryl methyl sites for hydroxylation is 2. The molecule has 0 amide bonds. The van der Waals surface area contributed by atoms with E-state index < -0.39 is 5.82 Å². The van der Waals surface area contributed by atoms with Crippen molar-refractivity contribution in [3.05, 3.63) is 64.7 Å². The Hall–Kier alpha value is -3.19. The third-order valence-electron chi connectivity index (χ3n) is 5.03. The van der Waals surface area contributed by atoms with Gasteiger partial charge in [-0.15, -0.1) is 0 Å². The lowest BCUT2D eigenvalue weighted by molar-refractivity contribution is 0.438. The number of fused-ring (bicyclic) bond motifs is 1. The van der Waals surface area contributed by atoms with Gasteiger partial charge in [0.25, 0.3) is 5.95 Å². The number of aromatic nitrogens is 4. The first kappa shape index (κ1) is 18.8. The monoisotopic (exact) mass is 423 g/mol. The Labute approximate surface area is 177 Å². The number of nitrogens with zero attached hydrogens (tertiary/aromatic N) is 4. The molecule has 0 aliphatic heterocycles. The van der Waals surface area contributed by atoms with Crippen molar-refractivity contribution in [2.24, 2.45) is 0 Å². The summed E-state index contributed by atoms with van der Waals surface area (Å²) in [7, 11) is 0. The molecule has 4 aromatic rings. The second kappa shape index (κ2) is 7.25. The highest BCUT2D eigenvalue weighted by Crippen LogP contribution is 2.35. The Bertz CT molecular complexity index is 1250. The molecule has 30 heavy (non-hydrogen) atoms. The zero-order valence-electron chi connectivity index (χ0n) is 16.5. The van der Waals surface area contributed by atoms with E-state index in [2.05, 4.69) is 20.4 Å². The minimum atomic E-state index is -0.495. The number of nitrogens with one attached hydrogen (secondary N) is 1. The smallest absolute Gasteiger partial charge is 0.253 e. The number of hydrogen-bond donors (Lipinski definition) is 1. The number of benzene rings is 2. The molecule has 1 fully saturated rings. The zero-order chi connectivity index (χ0) is 20.8.